The number of hydroxylamine groups is 1. The maximum absolute atomic E-state index is 13.6. The minimum atomic E-state index is -5.14. The number of ether oxygens (including phenoxy) is 1. The Bertz CT molecular complexity index is 1240. The first kappa shape index (κ1) is 31.9. The fourth-order valence-corrected chi connectivity index (χ4v) is 4.40. The van der Waals surface area contributed by atoms with Crippen LogP contribution < -0.4 is 5.06 Å². The van der Waals surface area contributed by atoms with Gasteiger partial charge >= 0.3 is 24.7 Å². The number of benzene rings is 2. The van der Waals surface area contributed by atoms with Gasteiger partial charge < -0.3 is 14.5 Å². The van der Waals surface area contributed by atoms with Crippen molar-refractivity contribution in [3.63, 3.8) is 0 Å². The Balaban J connectivity index is 2.12. The first-order chi connectivity index (χ1) is 18.8. The Morgan fingerprint density at radius 1 is 0.902 bits per heavy atom. The number of hydrogen-bond donors (Lipinski definition) is 0. The zero-order chi connectivity index (χ0) is 30.9. The molecule has 3 rings (SSSR count). The van der Waals surface area contributed by atoms with Crippen molar-refractivity contribution in [2.75, 3.05) is 11.6 Å². The molecule has 2 aromatic carbocycles. The quantitative estimate of drug-likeness (QED) is 0.258. The van der Waals surface area contributed by atoms with E-state index in [4.69, 9.17) is 9.57 Å². The summed E-state index contributed by atoms with van der Waals surface area (Å²) in [4.78, 5) is 31.0. The van der Waals surface area contributed by atoms with Gasteiger partial charge in [-0.3, -0.25) is 4.79 Å². The summed E-state index contributed by atoms with van der Waals surface area (Å²) >= 11 is 0. The largest absolute Gasteiger partial charge is 0.533 e. The van der Waals surface area contributed by atoms with Gasteiger partial charge in [0.05, 0.1) is 41.1 Å². The van der Waals surface area contributed by atoms with Crippen molar-refractivity contribution in [1.82, 2.24) is 4.90 Å². The van der Waals surface area contributed by atoms with Crippen molar-refractivity contribution >= 4 is 17.7 Å². The highest BCUT2D eigenvalue weighted by Gasteiger charge is 2.39. The maximum Gasteiger partial charge on any atom is 0.533 e. The number of amides is 1. The lowest BCUT2D eigenvalue weighted by atomic mass is 9.96. The highest BCUT2D eigenvalue weighted by Crippen LogP contribution is 2.42. The van der Waals surface area contributed by atoms with Crippen molar-refractivity contribution in [2.24, 2.45) is 0 Å². The third kappa shape index (κ3) is 7.97. The van der Waals surface area contributed by atoms with Gasteiger partial charge in [-0.1, -0.05) is 0 Å². The molecule has 1 heterocycles. The lowest BCUT2D eigenvalue weighted by Crippen LogP contribution is -2.33. The average Bonchev–Trinajstić information content (AvgIpc) is 2.99. The Kier molecular flexibility index (Phi) is 9.08. The molecule has 0 spiro atoms. The number of nitrogens with zero attached hydrogens (tertiary/aromatic N) is 2. The van der Waals surface area contributed by atoms with Crippen molar-refractivity contribution in [3.8, 4) is 0 Å². The summed E-state index contributed by atoms with van der Waals surface area (Å²) < 4.78 is 126. The molecule has 0 aliphatic carbocycles. The predicted molar refractivity (Wildman–Crippen MR) is 126 cm³/mol. The second kappa shape index (κ2) is 11.7. The average molecular weight is 600 g/mol. The molecule has 0 radical (unpaired) electrons. The van der Waals surface area contributed by atoms with Crippen molar-refractivity contribution < 1.29 is 58.7 Å². The summed E-state index contributed by atoms with van der Waals surface area (Å²) in [6.07, 6.45) is -16.8. The van der Waals surface area contributed by atoms with Gasteiger partial charge in [-0.25, -0.2) is 9.86 Å². The summed E-state index contributed by atoms with van der Waals surface area (Å²) in [5.74, 6) is -0.821. The molecule has 0 saturated heterocycles. The van der Waals surface area contributed by atoms with E-state index in [0.29, 0.717) is 24.3 Å². The van der Waals surface area contributed by atoms with Crippen LogP contribution >= 0.6 is 0 Å². The topological polar surface area (TPSA) is 59.1 Å². The van der Waals surface area contributed by atoms with Crippen LogP contribution in [-0.2, 0) is 39.4 Å². The molecular formula is C26H25F9N2O4. The third-order valence-corrected chi connectivity index (χ3v) is 6.12. The van der Waals surface area contributed by atoms with Crippen LogP contribution in [0.3, 0.4) is 0 Å². The number of fused-ring (bicyclic) bond motifs is 1. The van der Waals surface area contributed by atoms with E-state index >= 15 is 0 Å². The van der Waals surface area contributed by atoms with E-state index in [1.807, 2.05) is 0 Å². The van der Waals surface area contributed by atoms with Gasteiger partial charge in [-0.05, 0) is 68.7 Å². The minimum Gasteiger partial charge on any atom is -0.430 e. The third-order valence-electron chi connectivity index (χ3n) is 6.12. The van der Waals surface area contributed by atoms with Crippen LogP contribution in [0.25, 0.3) is 0 Å². The van der Waals surface area contributed by atoms with Crippen molar-refractivity contribution in [1.29, 1.82) is 0 Å². The number of rotatable bonds is 5. The highest BCUT2D eigenvalue weighted by molar-refractivity contribution is 5.75. The molecule has 1 atom stereocenters. The summed E-state index contributed by atoms with van der Waals surface area (Å²) in [5, 5.41) is 0.977. The minimum absolute atomic E-state index is 0.0575. The van der Waals surface area contributed by atoms with Crippen LogP contribution in [0.15, 0.2) is 36.4 Å². The predicted octanol–water partition coefficient (Wildman–Crippen LogP) is 7.91. The molecule has 1 aliphatic heterocycles. The van der Waals surface area contributed by atoms with Crippen LogP contribution in [0, 0.1) is 0 Å². The van der Waals surface area contributed by atoms with E-state index in [0.717, 1.165) is 23.0 Å². The lowest BCUT2D eigenvalue weighted by molar-refractivity contribution is -0.143. The fourth-order valence-electron chi connectivity index (χ4n) is 4.40. The fraction of sp³-hybridized carbons (Fsp3) is 0.462. The molecule has 0 saturated carbocycles. The molecular weight excluding hydrogens is 575 g/mol. The van der Waals surface area contributed by atoms with E-state index in [2.05, 4.69) is 0 Å². The molecule has 1 aliphatic rings. The number of alkyl halides is 9. The van der Waals surface area contributed by atoms with Crippen LogP contribution in [0.1, 0.15) is 67.5 Å². The zero-order valence-electron chi connectivity index (χ0n) is 21.9. The Hall–Kier alpha value is -3.65. The van der Waals surface area contributed by atoms with E-state index in [1.54, 1.807) is 0 Å². The Labute approximate surface area is 228 Å². The molecule has 15 heteroatoms. The molecule has 41 heavy (non-hydrogen) atoms. The van der Waals surface area contributed by atoms with Gasteiger partial charge in [0.15, 0.2) is 0 Å². The molecule has 2 aromatic rings. The molecule has 0 N–H and O–H groups in total. The lowest BCUT2D eigenvalue weighted by Gasteiger charge is -2.33. The van der Waals surface area contributed by atoms with Crippen LogP contribution in [-0.4, -0.2) is 29.6 Å². The second-order valence-corrected chi connectivity index (χ2v) is 9.60. The number of hydrogen-bond acceptors (Lipinski definition) is 5. The molecule has 6 nitrogen and oxygen atoms in total. The SMILES string of the molecule is CC(=O)N(Cc1cc(C(F)(F)F)cc(C(F)(F)F)c1)C1CCCN(OC(=O)OC(C)C)c2ccc(C(F)(F)F)cc21. The van der Waals surface area contributed by atoms with Gasteiger partial charge in [0.25, 0.3) is 0 Å². The summed E-state index contributed by atoms with van der Waals surface area (Å²) in [7, 11) is 0. The summed E-state index contributed by atoms with van der Waals surface area (Å²) in [5.41, 5.74) is -5.10. The smallest absolute Gasteiger partial charge is 0.430 e. The van der Waals surface area contributed by atoms with Crippen LogP contribution in [0.5, 0.6) is 0 Å². The second-order valence-electron chi connectivity index (χ2n) is 9.60. The maximum atomic E-state index is 13.6. The van der Waals surface area contributed by atoms with Gasteiger partial charge in [-0.15, -0.1) is 0 Å². The number of carbonyl (C=O) groups excluding carboxylic acids is 2. The van der Waals surface area contributed by atoms with E-state index in [1.165, 1.54) is 13.8 Å². The van der Waals surface area contributed by atoms with Gasteiger partial charge in [0, 0.05) is 19.0 Å². The van der Waals surface area contributed by atoms with E-state index in [9.17, 15) is 49.1 Å². The molecule has 0 fully saturated rings. The molecule has 226 valence electrons. The van der Waals surface area contributed by atoms with Crippen LogP contribution in [0.4, 0.5) is 50.0 Å². The summed E-state index contributed by atoms with van der Waals surface area (Å²) in [6, 6.07) is 2.03. The number of anilines is 1. The Morgan fingerprint density at radius 3 is 1.95 bits per heavy atom. The zero-order valence-corrected chi connectivity index (χ0v) is 21.9. The summed E-state index contributed by atoms with van der Waals surface area (Å²) in [6.45, 7) is 3.22. The van der Waals surface area contributed by atoms with E-state index in [-0.39, 0.29) is 36.7 Å². The first-order valence-corrected chi connectivity index (χ1v) is 12.2. The molecule has 1 amide bonds. The van der Waals surface area contributed by atoms with Gasteiger partial charge in [-0.2, -0.15) is 39.5 Å². The normalized spacial score (nSPS) is 16.2. The van der Waals surface area contributed by atoms with Gasteiger partial charge in [0.1, 0.15) is 0 Å². The van der Waals surface area contributed by atoms with Crippen molar-refractivity contribution in [3.05, 3.63) is 64.2 Å². The van der Waals surface area contributed by atoms with Crippen molar-refractivity contribution in [2.45, 2.75) is 70.8 Å². The first-order valence-electron chi connectivity index (χ1n) is 12.2. The standard InChI is InChI=1S/C26H25F9N2O4/c1-14(2)40-23(39)41-37-8-4-5-21(20-12-17(24(27,28)29)6-7-22(20)37)36(15(3)38)13-16-9-18(25(30,31)32)11-19(10-16)26(33,34)35/h6-7,9-12,14,21H,4-5,8,13H2,1-3H3. The molecule has 0 aromatic heterocycles. The molecule has 0 bridgehead atoms. The van der Waals surface area contributed by atoms with E-state index < -0.39 is 71.5 Å². The number of carbonyl (C=O) groups is 2. The highest BCUT2D eigenvalue weighted by atomic mass is 19.4. The van der Waals surface area contributed by atoms with Crippen LogP contribution in [0.2, 0.25) is 0 Å². The van der Waals surface area contributed by atoms with Gasteiger partial charge in [0.2, 0.25) is 5.91 Å². The monoisotopic (exact) mass is 600 g/mol. The number of halogens is 9. The molecule has 1 unspecified atom stereocenters. The Morgan fingerprint density at radius 2 is 1.46 bits per heavy atom.